The molecule has 4 atom stereocenters. The number of hydrogen-bond acceptors (Lipinski definition) is 11. The van der Waals surface area contributed by atoms with Crippen LogP contribution in [0.3, 0.4) is 0 Å². The Morgan fingerprint density at radius 3 is 1.74 bits per heavy atom. The molecule has 1 heterocycles. The summed E-state index contributed by atoms with van der Waals surface area (Å²) in [5, 5.41) is 52.6. The van der Waals surface area contributed by atoms with Crippen LogP contribution in [0.25, 0.3) is 21.1 Å². The van der Waals surface area contributed by atoms with Gasteiger partial charge in [-0.3, -0.25) is 20.4 Å². The maximum atomic E-state index is 12.5. The second-order valence-electron chi connectivity index (χ2n) is 12.4. The topological polar surface area (TPSA) is 218 Å². The van der Waals surface area contributed by atoms with Crippen LogP contribution in [0.1, 0.15) is 58.4 Å². The van der Waals surface area contributed by atoms with Gasteiger partial charge in [0.05, 0.1) is 58.7 Å². The summed E-state index contributed by atoms with van der Waals surface area (Å²) in [7, 11) is 0. The van der Waals surface area contributed by atoms with Crippen molar-refractivity contribution in [3.63, 3.8) is 0 Å². The van der Waals surface area contributed by atoms with Crippen LogP contribution in [0, 0.1) is 49.7 Å². The number of rotatable bonds is 10. The molecule has 0 spiro atoms. The molecule has 288 valence electrons. The molecule has 0 unspecified atom stereocenters. The summed E-state index contributed by atoms with van der Waals surface area (Å²) in [6, 6.07) is 21.3. The number of hydrazine groups is 1. The van der Waals surface area contributed by atoms with E-state index < -0.39 is 36.1 Å². The van der Waals surface area contributed by atoms with Gasteiger partial charge in [-0.15, -0.1) is 10.2 Å². The number of carbonyl (C=O) groups is 2. The summed E-state index contributed by atoms with van der Waals surface area (Å²) >= 11 is 12.4. The SMILES string of the molecule is [C-]#[N+]c1ccc(N[C@@H](C(=O)NNC(=O)c2ccc(C#N)cc2)[C@@H](C)O)c(C)c1Cl.[C-]#[N+]c1ccc(N[C@@H](c2nnc(-c3ccc(C#N)cc3)o2)[C@@H](C)O)c(C)c1Cl. The summed E-state index contributed by atoms with van der Waals surface area (Å²) in [4.78, 5) is 31.3. The van der Waals surface area contributed by atoms with Gasteiger partial charge in [-0.1, -0.05) is 35.3 Å². The number of carbonyl (C=O) groups excluding carboxylic acids is 2. The van der Waals surface area contributed by atoms with E-state index in [0.29, 0.717) is 49.9 Å². The Balaban J connectivity index is 0.000000253. The van der Waals surface area contributed by atoms with Gasteiger partial charge in [0, 0.05) is 22.5 Å². The van der Waals surface area contributed by atoms with Crippen molar-refractivity contribution < 1.29 is 24.2 Å². The fourth-order valence-corrected chi connectivity index (χ4v) is 5.50. The molecule has 1 aromatic heterocycles. The lowest BCUT2D eigenvalue weighted by molar-refractivity contribution is -0.124. The number of nitrogens with one attached hydrogen (secondary N) is 4. The molecule has 0 aliphatic heterocycles. The third-order valence-electron chi connectivity index (χ3n) is 8.39. The van der Waals surface area contributed by atoms with Crippen molar-refractivity contribution >= 4 is 57.8 Å². The van der Waals surface area contributed by atoms with Crippen LogP contribution >= 0.6 is 23.2 Å². The Labute approximate surface area is 338 Å². The first-order valence-corrected chi connectivity index (χ1v) is 17.6. The number of nitrogens with zero attached hydrogens (tertiary/aromatic N) is 6. The van der Waals surface area contributed by atoms with Crippen LogP contribution in [-0.4, -0.2) is 50.5 Å². The minimum atomic E-state index is -1.10. The van der Waals surface area contributed by atoms with E-state index in [2.05, 4.69) is 47.4 Å². The second kappa shape index (κ2) is 19.6. The molecule has 6 N–H and O–H groups in total. The Bertz CT molecular complexity index is 2420. The standard InChI is InChI=1S/C20H18ClN5O3.C20H16ClN5O2/c1-11-15(8-9-16(23-3)17(11)21)24-18(12(2)27)20(29)26-25-19(28)14-6-4-13(10-22)5-7-14;1-11-15(8-9-16(23-3)17(11)21)24-18(12(2)27)20-26-25-19(28-20)14-6-4-13(10-22)5-7-14/h4-9,12,18,24,27H,1-2H3,(H,25,28)(H,26,29);4-9,12,18,24,27H,1-2H3/t2*12-,18-/m11/s1. The van der Waals surface area contributed by atoms with Gasteiger partial charge in [0.25, 0.3) is 11.8 Å². The van der Waals surface area contributed by atoms with Crippen molar-refractivity contribution in [2.45, 2.75) is 52.0 Å². The van der Waals surface area contributed by atoms with Crippen molar-refractivity contribution in [1.82, 2.24) is 21.0 Å². The average Bonchev–Trinajstić information content (AvgIpc) is 3.71. The monoisotopic (exact) mass is 804 g/mol. The van der Waals surface area contributed by atoms with Gasteiger partial charge in [0.2, 0.25) is 23.2 Å². The van der Waals surface area contributed by atoms with Crippen LogP contribution in [0.2, 0.25) is 10.0 Å². The molecule has 17 heteroatoms. The first-order valence-electron chi connectivity index (χ1n) is 16.9. The molecule has 2 amide bonds. The molecule has 0 saturated carbocycles. The molecule has 0 fully saturated rings. The zero-order valence-electron chi connectivity index (χ0n) is 30.8. The number of aliphatic hydroxyl groups is 2. The highest BCUT2D eigenvalue weighted by molar-refractivity contribution is 6.34. The fourth-order valence-electron chi connectivity index (χ4n) is 5.08. The molecule has 4 aromatic carbocycles. The summed E-state index contributed by atoms with van der Waals surface area (Å²) in [5.74, 6) is -0.760. The van der Waals surface area contributed by atoms with Gasteiger partial charge < -0.3 is 25.3 Å². The van der Waals surface area contributed by atoms with E-state index >= 15 is 0 Å². The van der Waals surface area contributed by atoms with Crippen LogP contribution in [0.5, 0.6) is 0 Å². The minimum absolute atomic E-state index is 0.208. The zero-order chi connectivity index (χ0) is 41.8. The molecule has 5 rings (SSSR count). The van der Waals surface area contributed by atoms with E-state index in [1.165, 1.54) is 37.3 Å². The largest absolute Gasteiger partial charge is 0.418 e. The number of aliphatic hydroxyl groups excluding tert-OH is 2. The van der Waals surface area contributed by atoms with Gasteiger partial charge in [0.1, 0.15) is 12.1 Å². The third-order valence-corrected chi connectivity index (χ3v) is 9.34. The van der Waals surface area contributed by atoms with Gasteiger partial charge in [-0.25, -0.2) is 9.69 Å². The van der Waals surface area contributed by atoms with E-state index in [4.69, 9.17) is 51.3 Å². The van der Waals surface area contributed by atoms with Gasteiger partial charge in [-0.2, -0.15) is 10.5 Å². The summed E-state index contributed by atoms with van der Waals surface area (Å²) in [6.07, 6.45) is -1.94. The second-order valence-corrected chi connectivity index (χ2v) is 13.1. The van der Waals surface area contributed by atoms with Crippen molar-refractivity contribution in [3.8, 4) is 23.6 Å². The minimum Gasteiger partial charge on any atom is -0.418 e. The lowest BCUT2D eigenvalue weighted by Crippen LogP contribution is -2.52. The molecular weight excluding hydrogens is 771 g/mol. The van der Waals surface area contributed by atoms with Crippen molar-refractivity contribution in [3.05, 3.63) is 139 Å². The van der Waals surface area contributed by atoms with Crippen LogP contribution in [0.4, 0.5) is 22.7 Å². The van der Waals surface area contributed by atoms with E-state index in [0.717, 1.165) is 0 Å². The summed E-state index contributed by atoms with van der Waals surface area (Å²) in [5.41, 5.74) is 9.39. The number of aromatic nitrogens is 2. The van der Waals surface area contributed by atoms with E-state index in [-0.39, 0.29) is 28.1 Å². The van der Waals surface area contributed by atoms with E-state index in [1.807, 2.05) is 6.07 Å². The van der Waals surface area contributed by atoms with Crippen molar-refractivity contribution in [1.29, 1.82) is 10.5 Å². The number of halogens is 2. The molecule has 0 bridgehead atoms. The predicted molar refractivity (Wildman–Crippen MR) is 213 cm³/mol. The molecule has 0 aliphatic rings. The highest BCUT2D eigenvalue weighted by Crippen LogP contribution is 2.36. The Kier molecular flexibility index (Phi) is 14.7. The number of anilines is 2. The smallest absolute Gasteiger partial charge is 0.269 e. The lowest BCUT2D eigenvalue weighted by Gasteiger charge is -2.23. The van der Waals surface area contributed by atoms with Crippen LogP contribution in [-0.2, 0) is 4.79 Å². The summed E-state index contributed by atoms with van der Waals surface area (Å²) in [6.45, 7) is 20.7. The normalized spacial score (nSPS) is 12.4. The zero-order valence-corrected chi connectivity index (χ0v) is 32.3. The van der Waals surface area contributed by atoms with E-state index in [9.17, 15) is 19.8 Å². The third kappa shape index (κ3) is 10.6. The van der Waals surface area contributed by atoms with Crippen molar-refractivity contribution in [2.24, 2.45) is 0 Å². The first-order chi connectivity index (χ1) is 27.2. The van der Waals surface area contributed by atoms with Gasteiger partial charge >= 0.3 is 0 Å². The van der Waals surface area contributed by atoms with E-state index in [1.54, 1.807) is 63.2 Å². The maximum absolute atomic E-state index is 12.5. The molecule has 15 nitrogen and oxygen atoms in total. The molecular formula is C40H34Cl2N10O5. The first kappa shape index (κ1) is 42.8. The lowest BCUT2D eigenvalue weighted by atomic mass is 10.1. The van der Waals surface area contributed by atoms with Crippen molar-refractivity contribution in [2.75, 3.05) is 10.6 Å². The number of nitriles is 2. The highest BCUT2D eigenvalue weighted by atomic mass is 35.5. The molecule has 0 aliphatic carbocycles. The Morgan fingerprint density at radius 2 is 1.26 bits per heavy atom. The Morgan fingerprint density at radius 1 is 0.754 bits per heavy atom. The molecule has 0 saturated heterocycles. The van der Waals surface area contributed by atoms with Gasteiger partial charge in [-0.05, 0) is 99.5 Å². The van der Waals surface area contributed by atoms with Crippen LogP contribution < -0.4 is 21.5 Å². The molecule has 5 aromatic rings. The van der Waals surface area contributed by atoms with Gasteiger partial charge in [0.15, 0.2) is 0 Å². The fraction of sp³-hybridized carbons (Fsp3) is 0.200. The number of amides is 2. The number of hydrogen-bond donors (Lipinski definition) is 6. The molecule has 0 radical (unpaired) electrons. The quantitative estimate of drug-likeness (QED) is 0.0606. The predicted octanol–water partition coefficient (Wildman–Crippen LogP) is 7.35. The van der Waals surface area contributed by atoms with Crippen LogP contribution in [0.15, 0.2) is 77.2 Å². The molecule has 57 heavy (non-hydrogen) atoms. The average molecular weight is 806 g/mol. The summed E-state index contributed by atoms with van der Waals surface area (Å²) < 4.78 is 5.74. The highest BCUT2D eigenvalue weighted by Gasteiger charge is 2.27. The maximum Gasteiger partial charge on any atom is 0.269 e. The number of benzene rings is 4. The Hall–Kier alpha value is -6.98.